The fraction of sp³-hybridized carbons (Fsp3) is 0.619. The van der Waals surface area contributed by atoms with Gasteiger partial charge in [0.2, 0.25) is 21.8 Å². The maximum Gasteiger partial charge on any atom is 0.243 e. The number of hydrogen-bond donors (Lipinski definition) is 0. The topological polar surface area (TPSA) is 78.0 Å². The number of carbonyl (C=O) groups is 2. The number of sulfonamides is 1. The first-order chi connectivity index (χ1) is 14.3. The molecule has 2 aliphatic heterocycles. The van der Waals surface area contributed by atoms with Gasteiger partial charge in [0.15, 0.2) is 0 Å². The fourth-order valence-corrected chi connectivity index (χ4v) is 5.62. The van der Waals surface area contributed by atoms with Crippen LogP contribution in [0.5, 0.6) is 0 Å². The number of rotatable bonds is 5. The van der Waals surface area contributed by atoms with Crippen molar-refractivity contribution < 1.29 is 22.4 Å². The smallest absolute Gasteiger partial charge is 0.243 e. The number of amides is 2. The Morgan fingerprint density at radius 2 is 1.70 bits per heavy atom. The normalized spacial score (nSPS) is 21.3. The number of likely N-dealkylation sites (tertiary alicyclic amines) is 1. The minimum absolute atomic E-state index is 0.00466. The second-order valence-electron chi connectivity index (χ2n) is 7.97. The molecule has 1 aromatic carbocycles. The molecule has 2 amide bonds. The number of benzene rings is 1. The second-order valence-corrected chi connectivity index (χ2v) is 9.90. The molecule has 2 saturated heterocycles. The summed E-state index contributed by atoms with van der Waals surface area (Å²) in [5.41, 5.74) is 0. The highest BCUT2D eigenvalue weighted by Crippen LogP contribution is 2.22. The van der Waals surface area contributed by atoms with Crippen LogP contribution in [0.25, 0.3) is 0 Å². The first-order valence-electron chi connectivity index (χ1n) is 10.6. The fourth-order valence-electron chi connectivity index (χ4n) is 4.15. The third-order valence-electron chi connectivity index (χ3n) is 5.81. The summed E-state index contributed by atoms with van der Waals surface area (Å²) in [4.78, 5) is 28.9. The molecule has 7 nitrogen and oxygen atoms in total. The van der Waals surface area contributed by atoms with Gasteiger partial charge in [0.1, 0.15) is 5.82 Å². The Bertz CT molecular complexity index is 860. The van der Waals surface area contributed by atoms with E-state index in [1.807, 2.05) is 6.92 Å². The highest BCUT2D eigenvalue weighted by Gasteiger charge is 2.33. The van der Waals surface area contributed by atoms with Gasteiger partial charge in [-0.15, -0.1) is 0 Å². The van der Waals surface area contributed by atoms with Crippen LogP contribution in [-0.4, -0.2) is 73.6 Å². The number of piperidine rings is 1. The van der Waals surface area contributed by atoms with Gasteiger partial charge in [-0.2, -0.15) is 4.31 Å². The summed E-state index contributed by atoms with van der Waals surface area (Å²) in [6.45, 7) is 4.45. The first-order valence-corrected chi connectivity index (χ1v) is 12.1. The van der Waals surface area contributed by atoms with E-state index in [-0.39, 0.29) is 29.2 Å². The molecular weight excluding hydrogens is 409 g/mol. The average Bonchev–Trinajstić information content (AvgIpc) is 3.01. The van der Waals surface area contributed by atoms with Crippen molar-refractivity contribution in [3.8, 4) is 0 Å². The molecular formula is C21H30FN3O4S. The van der Waals surface area contributed by atoms with Crippen molar-refractivity contribution in [2.45, 2.75) is 43.9 Å². The monoisotopic (exact) mass is 439 g/mol. The summed E-state index contributed by atoms with van der Waals surface area (Å²) in [6.07, 6.45) is 3.39. The number of nitrogens with zero attached hydrogens (tertiary/aromatic N) is 3. The van der Waals surface area contributed by atoms with E-state index in [1.165, 1.54) is 16.4 Å². The van der Waals surface area contributed by atoms with E-state index < -0.39 is 15.8 Å². The molecule has 30 heavy (non-hydrogen) atoms. The summed E-state index contributed by atoms with van der Waals surface area (Å²) < 4.78 is 40.2. The number of hydrogen-bond acceptors (Lipinski definition) is 4. The minimum atomic E-state index is -3.73. The Hall–Kier alpha value is -2.00. The van der Waals surface area contributed by atoms with Crippen LogP contribution in [0.1, 0.15) is 39.0 Å². The Morgan fingerprint density at radius 3 is 2.40 bits per heavy atom. The molecule has 9 heteroatoms. The molecule has 2 heterocycles. The molecule has 166 valence electrons. The van der Waals surface area contributed by atoms with Gasteiger partial charge in [0.05, 0.1) is 10.8 Å². The van der Waals surface area contributed by atoms with E-state index in [0.717, 1.165) is 31.4 Å². The molecule has 0 N–H and O–H groups in total. The van der Waals surface area contributed by atoms with E-state index in [9.17, 15) is 22.4 Å². The van der Waals surface area contributed by atoms with Crippen molar-refractivity contribution in [3.05, 3.63) is 30.1 Å². The van der Waals surface area contributed by atoms with Crippen LogP contribution in [-0.2, 0) is 19.6 Å². The van der Waals surface area contributed by atoms with Gasteiger partial charge in [-0.3, -0.25) is 9.59 Å². The predicted molar refractivity (Wildman–Crippen MR) is 111 cm³/mol. The van der Waals surface area contributed by atoms with Crippen molar-refractivity contribution in [1.82, 2.24) is 14.1 Å². The molecule has 0 spiro atoms. The molecule has 0 saturated carbocycles. The molecule has 2 aliphatic rings. The largest absolute Gasteiger partial charge is 0.342 e. The average molecular weight is 440 g/mol. The van der Waals surface area contributed by atoms with Crippen molar-refractivity contribution >= 4 is 21.8 Å². The van der Waals surface area contributed by atoms with Crippen molar-refractivity contribution in [1.29, 1.82) is 0 Å². The van der Waals surface area contributed by atoms with Gasteiger partial charge in [0, 0.05) is 45.7 Å². The molecule has 3 rings (SSSR count). The van der Waals surface area contributed by atoms with Gasteiger partial charge >= 0.3 is 0 Å². The lowest BCUT2D eigenvalue weighted by Crippen LogP contribution is -2.47. The van der Waals surface area contributed by atoms with Gasteiger partial charge < -0.3 is 9.80 Å². The van der Waals surface area contributed by atoms with Crippen LogP contribution >= 0.6 is 0 Å². The van der Waals surface area contributed by atoms with Gasteiger partial charge in [0.25, 0.3) is 0 Å². The zero-order valence-electron chi connectivity index (χ0n) is 17.4. The summed E-state index contributed by atoms with van der Waals surface area (Å²) in [6, 6.07) is 4.80. The lowest BCUT2D eigenvalue weighted by atomic mass is 9.96. The third kappa shape index (κ3) is 5.18. The van der Waals surface area contributed by atoms with Crippen LogP contribution in [0.15, 0.2) is 29.2 Å². The van der Waals surface area contributed by atoms with Crippen molar-refractivity contribution in [2.24, 2.45) is 5.92 Å². The van der Waals surface area contributed by atoms with E-state index in [1.54, 1.807) is 9.80 Å². The molecule has 0 bridgehead atoms. The van der Waals surface area contributed by atoms with Gasteiger partial charge in [-0.1, -0.05) is 6.92 Å². The Morgan fingerprint density at radius 1 is 1.00 bits per heavy atom. The van der Waals surface area contributed by atoms with Crippen LogP contribution < -0.4 is 0 Å². The van der Waals surface area contributed by atoms with Crippen molar-refractivity contribution in [2.75, 3.05) is 39.3 Å². The summed E-state index contributed by atoms with van der Waals surface area (Å²) >= 11 is 0. The SMILES string of the molecule is CCCC(=O)N1CCCC(C(=O)N2CCCN(S(=O)(=O)c3ccc(F)cc3)CC2)C1. The minimum Gasteiger partial charge on any atom is -0.342 e. The summed E-state index contributed by atoms with van der Waals surface area (Å²) in [5.74, 6) is -0.604. The van der Waals surface area contributed by atoms with Gasteiger partial charge in [-0.05, 0) is 49.9 Å². The molecule has 1 aromatic rings. The van der Waals surface area contributed by atoms with E-state index in [4.69, 9.17) is 0 Å². The zero-order chi connectivity index (χ0) is 21.7. The number of carbonyl (C=O) groups excluding carboxylic acids is 2. The lowest BCUT2D eigenvalue weighted by Gasteiger charge is -2.34. The van der Waals surface area contributed by atoms with Crippen LogP contribution in [0.3, 0.4) is 0 Å². The molecule has 0 aliphatic carbocycles. The van der Waals surface area contributed by atoms with E-state index in [0.29, 0.717) is 45.6 Å². The third-order valence-corrected chi connectivity index (χ3v) is 7.72. The number of halogens is 1. The van der Waals surface area contributed by atoms with E-state index >= 15 is 0 Å². The molecule has 1 atom stereocenters. The Balaban J connectivity index is 1.62. The standard InChI is InChI=1S/C21H30FN3O4S/c1-2-5-20(26)24-11-3-6-17(16-24)21(27)23-12-4-13-25(15-14-23)30(28,29)19-9-7-18(22)8-10-19/h7-10,17H,2-6,11-16H2,1H3. The van der Waals surface area contributed by atoms with Crippen molar-refractivity contribution in [3.63, 3.8) is 0 Å². The van der Waals surface area contributed by atoms with Crippen LogP contribution in [0.4, 0.5) is 4.39 Å². The van der Waals surface area contributed by atoms with E-state index in [2.05, 4.69) is 0 Å². The highest BCUT2D eigenvalue weighted by atomic mass is 32.2. The highest BCUT2D eigenvalue weighted by molar-refractivity contribution is 7.89. The van der Waals surface area contributed by atoms with Crippen LogP contribution in [0, 0.1) is 11.7 Å². The predicted octanol–water partition coefficient (Wildman–Crippen LogP) is 2.09. The first kappa shape index (κ1) is 22.7. The second kappa shape index (κ2) is 9.87. The van der Waals surface area contributed by atoms with Crippen LogP contribution in [0.2, 0.25) is 0 Å². The Kier molecular flexibility index (Phi) is 7.46. The maximum absolute atomic E-state index is 13.1. The van der Waals surface area contributed by atoms with Gasteiger partial charge in [-0.25, -0.2) is 12.8 Å². The summed E-state index contributed by atoms with van der Waals surface area (Å²) in [7, 11) is -3.73. The quantitative estimate of drug-likeness (QED) is 0.704. The molecule has 2 fully saturated rings. The zero-order valence-corrected chi connectivity index (χ0v) is 18.2. The summed E-state index contributed by atoms with van der Waals surface area (Å²) in [5, 5.41) is 0. The molecule has 1 unspecified atom stereocenters. The maximum atomic E-state index is 13.1. The lowest BCUT2D eigenvalue weighted by molar-refractivity contribution is -0.140. The molecule has 0 radical (unpaired) electrons. The molecule has 0 aromatic heterocycles. The Labute approximate surface area is 177 Å².